The van der Waals surface area contributed by atoms with Crippen molar-refractivity contribution >= 4 is 6.09 Å². The van der Waals surface area contributed by atoms with Crippen LogP contribution in [0, 0.1) is 5.41 Å². The zero-order valence-electron chi connectivity index (χ0n) is 7.41. The number of aliphatic hydroxyl groups excluding tert-OH is 1. The lowest BCUT2D eigenvalue weighted by atomic mass is 9.87. The summed E-state index contributed by atoms with van der Waals surface area (Å²) in [5.41, 5.74) is 4.35. The molecule has 0 aromatic heterocycles. The summed E-state index contributed by atoms with van der Waals surface area (Å²) in [6.45, 7) is 6.89. The quantitative estimate of drug-likeness (QED) is 0.613. The van der Waals surface area contributed by atoms with Crippen LogP contribution in [0.2, 0.25) is 0 Å². The smallest absolute Gasteiger partial charge is 0.404 e. The third kappa shape index (κ3) is 2.92. The average molecular weight is 173 g/mol. The SMILES string of the molecule is C=CC(C)(C)C(CO)OC(N)=O. The van der Waals surface area contributed by atoms with Crippen molar-refractivity contribution in [1.29, 1.82) is 0 Å². The fraction of sp³-hybridized carbons (Fsp3) is 0.625. The summed E-state index contributed by atoms with van der Waals surface area (Å²) < 4.78 is 4.67. The van der Waals surface area contributed by atoms with Gasteiger partial charge in [0.15, 0.2) is 0 Å². The number of hydrogen-bond donors (Lipinski definition) is 2. The summed E-state index contributed by atoms with van der Waals surface area (Å²) in [7, 11) is 0. The van der Waals surface area contributed by atoms with Gasteiger partial charge >= 0.3 is 6.09 Å². The summed E-state index contributed by atoms with van der Waals surface area (Å²) in [5.74, 6) is 0. The lowest BCUT2D eigenvalue weighted by Gasteiger charge is -2.28. The summed E-state index contributed by atoms with van der Waals surface area (Å²) >= 11 is 0. The Kier molecular flexibility index (Phi) is 3.76. The van der Waals surface area contributed by atoms with E-state index < -0.39 is 17.6 Å². The van der Waals surface area contributed by atoms with Crippen LogP contribution in [0.25, 0.3) is 0 Å². The molecule has 0 aromatic carbocycles. The molecule has 0 bridgehead atoms. The van der Waals surface area contributed by atoms with Gasteiger partial charge in [0.1, 0.15) is 6.10 Å². The fourth-order valence-electron chi connectivity index (χ4n) is 0.696. The molecule has 0 fully saturated rings. The van der Waals surface area contributed by atoms with Gasteiger partial charge in [0.05, 0.1) is 6.61 Å². The van der Waals surface area contributed by atoms with Crippen molar-refractivity contribution < 1.29 is 14.6 Å². The van der Waals surface area contributed by atoms with Crippen molar-refractivity contribution in [3.63, 3.8) is 0 Å². The molecular formula is C8H15NO3. The molecule has 0 spiro atoms. The number of amides is 1. The zero-order valence-corrected chi connectivity index (χ0v) is 7.41. The summed E-state index contributed by atoms with van der Waals surface area (Å²) in [6, 6.07) is 0. The molecule has 0 saturated carbocycles. The van der Waals surface area contributed by atoms with E-state index in [1.807, 2.05) is 0 Å². The van der Waals surface area contributed by atoms with E-state index in [0.29, 0.717) is 0 Å². The molecule has 4 nitrogen and oxygen atoms in total. The molecule has 1 amide bonds. The number of rotatable bonds is 4. The molecule has 0 radical (unpaired) electrons. The molecule has 0 saturated heterocycles. The molecular weight excluding hydrogens is 158 g/mol. The van der Waals surface area contributed by atoms with Crippen LogP contribution in [0.3, 0.4) is 0 Å². The van der Waals surface area contributed by atoms with E-state index in [4.69, 9.17) is 10.8 Å². The van der Waals surface area contributed by atoms with Gasteiger partial charge in [-0.3, -0.25) is 0 Å². The molecule has 1 atom stereocenters. The lowest BCUT2D eigenvalue weighted by Crippen LogP contribution is -2.37. The molecule has 0 aliphatic heterocycles. The minimum absolute atomic E-state index is 0.262. The van der Waals surface area contributed by atoms with Gasteiger partial charge < -0.3 is 15.6 Å². The highest BCUT2D eigenvalue weighted by atomic mass is 16.6. The number of carbonyl (C=O) groups excluding carboxylic acids is 1. The molecule has 1 unspecified atom stereocenters. The van der Waals surface area contributed by atoms with Gasteiger partial charge in [-0.15, -0.1) is 6.58 Å². The first kappa shape index (κ1) is 11.0. The normalized spacial score (nSPS) is 13.6. The Labute approximate surface area is 72.0 Å². The third-order valence-corrected chi connectivity index (χ3v) is 1.78. The van der Waals surface area contributed by atoms with E-state index >= 15 is 0 Å². The third-order valence-electron chi connectivity index (χ3n) is 1.78. The first-order valence-electron chi connectivity index (χ1n) is 3.64. The summed E-state index contributed by atoms with van der Waals surface area (Å²) in [5, 5.41) is 8.86. The molecule has 4 heteroatoms. The first-order chi connectivity index (χ1) is 5.44. The van der Waals surface area contributed by atoms with E-state index in [9.17, 15) is 4.79 Å². The molecule has 0 aliphatic rings. The Morgan fingerprint density at radius 2 is 2.33 bits per heavy atom. The maximum Gasteiger partial charge on any atom is 0.404 e. The van der Waals surface area contributed by atoms with Crippen molar-refractivity contribution in [2.24, 2.45) is 11.1 Å². The van der Waals surface area contributed by atoms with Crippen molar-refractivity contribution in [1.82, 2.24) is 0 Å². The van der Waals surface area contributed by atoms with Gasteiger partial charge in [0, 0.05) is 5.41 Å². The molecule has 70 valence electrons. The summed E-state index contributed by atoms with van der Waals surface area (Å²) in [4.78, 5) is 10.4. The lowest BCUT2D eigenvalue weighted by molar-refractivity contribution is 0.0107. The van der Waals surface area contributed by atoms with Crippen LogP contribution in [0.5, 0.6) is 0 Å². The largest absolute Gasteiger partial charge is 0.443 e. The van der Waals surface area contributed by atoms with E-state index in [2.05, 4.69) is 11.3 Å². The van der Waals surface area contributed by atoms with Gasteiger partial charge in [-0.05, 0) is 0 Å². The minimum atomic E-state index is -0.885. The van der Waals surface area contributed by atoms with Gasteiger partial charge in [0.25, 0.3) is 0 Å². The second-order valence-electron chi connectivity index (χ2n) is 3.13. The standard InChI is InChI=1S/C8H15NO3/c1-4-8(2,3)6(5-10)12-7(9)11/h4,6,10H,1,5H2,2-3H3,(H2,9,11). The molecule has 0 aliphatic carbocycles. The van der Waals surface area contributed by atoms with E-state index in [1.165, 1.54) is 0 Å². The number of carbonyl (C=O) groups is 1. The number of hydrogen-bond acceptors (Lipinski definition) is 3. The second kappa shape index (κ2) is 4.11. The Morgan fingerprint density at radius 1 is 1.83 bits per heavy atom. The predicted octanol–water partition coefficient (Wildman–Crippen LogP) is 0.655. The Bertz CT molecular complexity index is 177. The van der Waals surface area contributed by atoms with Crippen LogP contribution >= 0.6 is 0 Å². The molecule has 3 N–H and O–H groups in total. The zero-order chi connectivity index (χ0) is 9.78. The topological polar surface area (TPSA) is 72.6 Å². The maximum absolute atomic E-state index is 10.4. The average Bonchev–Trinajstić information content (AvgIpc) is 1.99. The summed E-state index contributed by atoms with van der Waals surface area (Å²) in [6.07, 6.45) is 0.0908. The minimum Gasteiger partial charge on any atom is -0.443 e. The fourth-order valence-corrected chi connectivity index (χ4v) is 0.696. The first-order valence-corrected chi connectivity index (χ1v) is 3.64. The molecule has 0 heterocycles. The predicted molar refractivity (Wildman–Crippen MR) is 45.5 cm³/mol. The van der Waals surface area contributed by atoms with Crippen LogP contribution in [0.4, 0.5) is 4.79 Å². The van der Waals surface area contributed by atoms with Crippen LogP contribution in [0.15, 0.2) is 12.7 Å². The van der Waals surface area contributed by atoms with Crippen LogP contribution in [-0.2, 0) is 4.74 Å². The number of ether oxygens (including phenoxy) is 1. The maximum atomic E-state index is 10.4. The van der Waals surface area contributed by atoms with Crippen molar-refractivity contribution in [3.05, 3.63) is 12.7 Å². The highest BCUT2D eigenvalue weighted by molar-refractivity contribution is 5.64. The molecule has 0 aromatic rings. The highest BCUT2D eigenvalue weighted by Crippen LogP contribution is 2.23. The van der Waals surface area contributed by atoms with Gasteiger partial charge in [-0.1, -0.05) is 19.9 Å². The van der Waals surface area contributed by atoms with Gasteiger partial charge in [-0.25, -0.2) is 4.79 Å². The van der Waals surface area contributed by atoms with E-state index in [1.54, 1.807) is 19.9 Å². The Hall–Kier alpha value is -1.03. The highest BCUT2D eigenvalue weighted by Gasteiger charge is 2.28. The van der Waals surface area contributed by atoms with Gasteiger partial charge in [0.2, 0.25) is 0 Å². The van der Waals surface area contributed by atoms with Crippen molar-refractivity contribution in [3.8, 4) is 0 Å². The van der Waals surface area contributed by atoms with E-state index in [-0.39, 0.29) is 6.61 Å². The Morgan fingerprint density at radius 3 is 2.58 bits per heavy atom. The molecule has 0 rings (SSSR count). The van der Waals surface area contributed by atoms with Crippen molar-refractivity contribution in [2.45, 2.75) is 20.0 Å². The van der Waals surface area contributed by atoms with Crippen LogP contribution < -0.4 is 5.73 Å². The van der Waals surface area contributed by atoms with Crippen LogP contribution in [-0.4, -0.2) is 23.9 Å². The van der Waals surface area contributed by atoms with Crippen LogP contribution in [0.1, 0.15) is 13.8 Å². The number of aliphatic hydroxyl groups is 1. The number of nitrogens with two attached hydrogens (primary N) is 1. The van der Waals surface area contributed by atoms with Crippen molar-refractivity contribution in [2.75, 3.05) is 6.61 Å². The molecule has 12 heavy (non-hydrogen) atoms. The number of primary amides is 1. The Balaban J connectivity index is 4.33. The van der Waals surface area contributed by atoms with Gasteiger partial charge in [-0.2, -0.15) is 0 Å². The van der Waals surface area contributed by atoms with E-state index in [0.717, 1.165) is 0 Å². The second-order valence-corrected chi connectivity index (χ2v) is 3.13. The monoisotopic (exact) mass is 173 g/mol.